The van der Waals surface area contributed by atoms with Gasteiger partial charge in [0.1, 0.15) is 0 Å². The highest BCUT2D eigenvalue weighted by molar-refractivity contribution is 6.19. The van der Waals surface area contributed by atoms with Gasteiger partial charge in [0.25, 0.3) is 11.8 Å². The Morgan fingerprint density at radius 3 is 0.983 bits per heavy atom. The van der Waals surface area contributed by atoms with Crippen molar-refractivity contribution in [3.8, 4) is 22.3 Å². The lowest BCUT2D eigenvalue weighted by Gasteiger charge is -2.18. The number of benzene rings is 9. The van der Waals surface area contributed by atoms with Crippen molar-refractivity contribution in [2.24, 2.45) is 0 Å². The summed E-state index contributed by atoms with van der Waals surface area (Å²) in [4.78, 5) is 53.6. The molecule has 9 aromatic rings. The number of hydrogen-bond donors (Lipinski definition) is 4. The van der Waals surface area contributed by atoms with Gasteiger partial charge in [0.15, 0.2) is 0 Å². The lowest BCUT2D eigenvalue weighted by atomic mass is 9.86. The van der Waals surface area contributed by atoms with Crippen LogP contribution >= 0.6 is 0 Å². The Morgan fingerprint density at radius 1 is 0.350 bits per heavy atom. The van der Waals surface area contributed by atoms with Crippen LogP contribution in [0.15, 0.2) is 170 Å². The van der Waals surface area contributed by atoms with Gasteiger partial charge in [-0.1, -0.05) is 146 Å². The zero-order valence-corrected chi connectivity index (χ0v) is 32.1. The highest BCUT2D eigenvalue weighted by atomic mass is 16.4. The average Bonchev–Trinajstić information content (AvgIpc) is 3.28. The van der Waals surface area contributed by atoms with Gasteiger partial charge in [0.05, 0.1) is 11.1 Å². The SMILES string of the molecule is O=C(O)c1ccc2ccccc2c1-c1c(C(=O)NCc2cccc(CNC(=O)c3ccc4ccccc4c3-c3c(C(=O)O)ccc4ccccc34)c2)ccc2ccccc12. The minimum atomic E-state index is -1.09. The monoisotopic (exact) mass is 784 g/mol. The van der Waals surface area contributed by atoms with E-state index in [0.717, 1.165) is 54.2 Å². The Bertz CT molecular complexity index is 3010. The molecule has 290 valence electrons. The van der Waals surface area contributed by atoms with E-state index in [2.05, 4.69) is 10.6 Å². The van der Waals surface area contributed by atoms with Gasteiger partial charge >= 0.3 is 11.9 Å². The van der Waals surface area contributed by atoms with Crippen molar-refractivity contribution < 1.29 is 29.4 Å². The summed E-state index contributed by atoms with van der Waals surface area (Å²) in [7, 11) is 0. The number of carbonyl (C=O) groups excluding carboxylic acids is 2. The molecule has 0 unspecified atom stereocenters. The van der Waals surface area contributed by atoms with Gasteiger partial charge in [-0.2, -0.15) is 0 Å². The molecule has 0 bridgehead atoms. The van der Waals surface area contributed by atoms with Gasteiger partial charge in [0, 0.05) is 46.5 Å². The molecule has 8 nitrogen and oxygen atoms in total. The van der Waals surface area contributed by atoms with E-state index in [1.165, 1.54) is 0 Å². The number of amides is 2. The van der Waals surface area contributed by atoms with E-state index in [4.69, 9.17) is 0 Å². The maximum atomic E-state index is 14.2. The summed E-state index contributed by atoms with van der Waals surface area (Å²) in [5.41, 5.74) is 4.53. The Labute approximate surface area is 344 Å². The number of carbonyl (C=O) groups is 4. The molecule has 8 heteroatoms. The molecule has 60 heavy (non-hydrogen) atoms. The zero-order valence-electron chi connectivity index (χ0n) is 32.1. The second kappa shape index (κ2) is 15.7. The largest absolute Gasteiger partial charge is 0.478 e. The standard InChI is InChI=1S/C52H36N2O6/c55-49(41-24-20-33-12-1-5-16-37(33)45(41)47-39-18-7-3-14-35(39)22-26-43(47)51(57)58)53-29-31-10-9-11-32(28-31)30-54-50(56)42-25-21-34-13-2-6-17-38(34)46(42)48-40-19-8-4-15-36(40)23-27-44(48)52(59)60/h1-28H,29-30H2,(H,53,55)(H,54,56)(H,57,58)(H,59,60). The van der Waals surface area contributed by atoms with Gasteiger partial charge < -0.3 is 20.8 Å². The quantitative estimate of drug-likeness (QED) is 0.109. The lowest BCUT2D eigenvalue weighted by molar-refractivity contribution is 0.0687. The second-order valence-electron chi connectivity index (χ2n) is 14.6. The van der Waals surface area contributed by atoms with Crippen molar-refractivity contribution in [1.82, 2.24) is 10.6 Å². The maximum Gasteiger partial charge on any atom is 0.336 e. The van der Waals surface area contributed by atoms with E-state index in [9.17, 15) is 29.4 Å². The van der Waals surface area contributed by atoms with Crippen LogP contribution in [0.4, 0.5) is 0 Å². The van der Waals surface area contributed by atoms with Crippen LogP contribution < -0.4 is 10.6 Å². The van der Waals surface area contributed by atoms with E-state index >= 15 is 0 Å². The Hall–Kier alpha value is -8.10. The molecule has 9 aromatic carbocycles. The molecular formula is C52H36N2O6. The first kappa shape index (κ1) is 37.5. The molecular weight excluding hydrogens is 749 g/mol. The minimum absolute atomic E-state index is 0.101. The van der Waals surface area contributed by atoms with Crippen molar-refractivity contribution in [2.75, 3.05) is 0 Å². The number of aromatic carboxylic acids is 2. The molecule has 0 aliphatic rings. The molecule has 0 aliphatic carbocycles. The summed E-state index contributed by atoms with van der Waals surface area (Å²) in [6.07, 6.45) is 0. The summed E-state index contributed by atoms with van der Waals surface area (Å²) in [5.74, 6) is -2.91. The summed E-state index contributed by atoms with van der Waals surface area (Å²) in [6.45, 7) is 0.337. The van der Waals surface area contributed by atoms with Crippen LogP contribution in [0.1, 0.15) is 52.6 Å². The number of nitrogens with one attached hydrogen (secondary N) is 2. The fourth-order valence-electron chi connectivity index (χ4n) is 8.30. The first-order valence-electron chi connectivity index (χ1n) is 19.5. The van der Waals surface area contributed by atoms with Crippen molar-refractivity contribution in [1.29, 1.82) is 0 Å². The number of hydrogen-bond acceptors (Lipinski definition) is 4. The molecule has 0 fully saturated rings. The van der Waals surface area contributed by atoms with Crippen LogP contribution in [-0.2, 0) is 13.1 Å². The van der Waals surface area contributed by atoms with Crippen molar-refractivity contribution in [3.05, 3.63) is 203 Å². The van der Waals surface area contributed by atoms with E-state index < -0.39 is 11.9 Å². The smallest absolute Gasteiger partial charge is 0.336 e. The molecule has 0 aliphatic heterocycles. The molecule has 4 N–H and O–H groups in total. The summed E-state index contributed by atoms with van der Waals surface area (Å²) >= 11 is 0. The molecule has 0 saturated carbocycles. The summed E-state index contributed by atoms with van der Waals surface area (Å²) in [5, 5.41) is 33.2. The van der Waals surface area contributed by atoms with E-state index in [1.54, 1.807) is 36.4 Å². The third-order valence-electron chi connectivity index (χ3n) is 11.1. The van der Waals surface area contributed by atoms with E-state index in [1.807, 2.05) is 133 Å². The van der Waals surface area contributed by atoms with Crippen molar-refractivity contribution in [3.63, 3.8) is 0 Å². The number of carboxylic acid groups (broad SMARTS) is 2. The third-order valence-corrected chi connectivity index (χ3v) is 11.1. The topological polar surface area (TPSA) is 133 Å². The lowest BCUT2D eigenvalue weighted by Crippen LogP contribution is -2.25. The molecule has 0 radical (unpaired) electrons. The number of rotatable bonds is 10. The molecule has 9 rings (SSSR count). The third kappa shape index (κ3) is 6.86. The predicted octanol–water partition coefficient (Wildman–Crippen LogP) is 10.9. The minimum Gasteiger partial charge on any atom is -0.478 e. The van der Waals surface area contributed by atoms with E-state index in [0.29, 0.717) is 33.4 Å². The van der Waals surface area contributed by atoms with Gasteiger partial charge in [-0.3, -0.25) is 9.59 Å². The van der Waals surface area contributed by atoms with Crippen LogP contribution in [0, 0.1) is 0 Å². The molecule has 0 saturated heterocycles. The summed E-state index contributed by atoms with van der Waals surface area (Å²) in [6, 6.07) is 51.8. The van der Waals surface area contributed by atoms with Crippen molar-refractivity contribution >= 4 is 66.8 Å². The average molecular weight is 785 g/mol. The van der Waals surface area contributed by atoms with Gasteiger partial charge in [0.2, 0.25) is 0 Å². The molecule has 2 amide bonds. The van der Waals surface area contributed by atoms with Gasteiger partial charge in [-0.05, 0) is 78.5 Å². The second-order valence-corrected chi connectivity index (χ2v) is 14.6. The first-order chi connectivity index (χ1) is 29.3. The molecule has 0 spiro atoms. The van der Waals surface area contributed by atoms with Crippen molar-refractivity contribution in [2.45, 2.75) is 13.1 Å². The first-order valence-corrected chi connectivity index (χ1v) is 19.5. The van der Waals surface area contributed by atoms with Crippen LogP contribution in [0.5, 0.6) is 0 Å². The van der Waals surface area contributed by atoms with Gasteiger partial charge in [-0.15, -0.1) is 0 Å². The normalized spacial score (nSPS) is 11.2. The summed E-state index contributed by atoms with van der Waals surface area (Å²) < 4.78 is 0. The fraction of sp³-hybridized carbons (Fsp3) is 0.0385. The highest BCUT2D eigenvalue weighted by Crippen LogP contribution is 2.41. The Balaban J connectivity index is 1.01. The Morgan fingerprint density at radius 2 is 0.650 bits per heavy atom. The van der Waals surface area contributed by atoms with Crippen LogP contribution in [0.25, 0.3) is 65.3 Å². The molecule has 0 heterocycles. The predicted molar refractivity (Wildman–Crippen MR) is 236 cm³/mol. The van der Waals surface area contributed by atoms with Crippen LogP contribution in [0.3, 0.4) is 0 Å². The number of fused-ring (bicyclic) bond motifs is 4. The Kier molecular flexibility index (Phi) is 9.79. The van der Waals surface area contributed by atoms with E-state index in [-0.39, 0.29) is 36.0 Å². The highest BCUT2D eigenvalue weighted by Gasteiger charge is 2.25. The maximum absolute atomic E-state index is 14.2. The molecule has 0 aromatic heterocycles. The van der Waals surface area contributed by atoms with Gasteiger partial charge in [-0.25, -0.2) is 9.59 Å². The van der Waals surface area contributed by atoms with Crippen LogP contribution in [0.2, 0.25) is 0 Å². The molecule has 0 atom stereocenters. The number of carboxylic acids is 2. The fourth-order valence-corrected chi connectivity index (χ4v) is 8.30. The van der Waals surface area contributed by atoms with Crippen LogP contribution in [-0.4, -0.2) is 34.0 Å². The zero-order chi connectivity index (χ0) is 41.3.